The van der Waals surface area contributed by atoms with E-state index in [1.54, 1.807) is 12.1 Å². The lowest BCUT2D eigenvalue weighted by molar-refractivity contribution is -0.0494. The van der Waals surface area contributed by atoms with Gasteiger partial charge >= 0.3 is 6.61 Å². The van der Waals surface area contributed by atoms with Crippen LogP contribution in [0.4, 0.5) is 8.78 Å². The van der Waals surface area contributed by atoms with Gasteiger partial charge in [0, 0.05) is 12.1 Å². The summed E-state index contributed by atoms with van der Waals surface area (Å²) in [6, 6.07) is 14.2. The average Bonchev–Trinajstić information content (AvgIpc) is 2.39. The zero-order valence-corrected chi connectivity index (χ0v) is 9.64. The van der Waals surface area contributed by atoms with Crippen LogP contribution in [0.3, 0.4) is 0 Å². The number of nitrogens with two attached hydrogens (primary N) is 1. The van der Waals surface area contributed by atoms with Crippen molar-refractivity contribution in [3.63, 3.8) is 0 Å². The van der Waals surface area contributed by atoms with Crippen LogP contribution in [-0.2, 0) is 6.54 Å². The Hall–Kier alpha value is -1.94. The molecule has 0 atom stereocenters. The standard InChI is InChI=1S/C14H13F2NO/c15-14(16)18-13-7-6-10(9-17)8-12(13)11-4-2-1-3-5-11/h1-8,14H,9,17H2. The molecule has 94 valence electrons. The molecule has 2 N–H and O–H groups in total. The number of halogens is 2. The SMILES string of the molecule is NCc1ccc(OC(F)F)c(-c2ccccc2)c1. The van der Waals surface area contributed by atoms with Gasteiger partial charge in [0.1, 0.15) is 5.75 Å². The first-order chi connectivity index (χ1) is 8.70. The summed E-state index contributed by atoms with van der Waals surface area (Å²) >= 11 is 0. The van der Waals surface area contributed by atoms with Gasteiger partial charge in [0.05, 0.1) is 0 Å². The second kappa shape index (κ2) is 5.60. The Balaban J connectivity index is 2.47. The highest BCUT2D eigenvalue weighted by Gasteiger charge is 2.11. The molecule has 0 amide bonds. The van der Waals surface area contributed by atoms with Gasteiger partial charge in [-0.2, -0.15) is 8.78 Å². The number of benzene rings is 2. The fourth-order valence-electron chi connectivity index (χ4n) is 1.75. The molecule has 0 spiro atoms. The maximum atomic E-state index is 12.4. The molecule has 0 unspecified atom stereocenters. The summed E-state index contributed by atoms with van der Waals surface area (Å²) in [6.07, 6.45) is 0. The van der Waals surface area contributed by atoms with Crippen molar-refractivity contribution < 1.29 is 13.5 Å². The molecule has 2 nitrogen and oxygen atoms in total. The van der Waals surface area contributed by atoms with Gasteiger partial charge in [0.15, 0.2) is 0 Å². The summed E-state index contributed by atoms with van der Waals surface area (Å²) in [6.45, 7) is -2.48. The largest absolute Gasteiger partial charge is 0.434 e. The molecule has 2 aromatic carbocycles. The molecule has 0 saturated carbocycles. The Morgan fingerprint density at radius 3 is 2.39 bits per heavy atom. The van der Waals surface area contributed by atoms with Crippen LogP contribution < -0.4 is 10.5 Å². The number of alkyl halides is 2. The Morgan fingerprint density at radius 1 is 1.06 bits per heavy atom. The zero-order chi connectivity index (χ0) is 13.0. The minimum atomic E-state index is -2.84. The quantitative estimate of drug-likeness (QED) is 0.901. The van der Waals surface area contributed by atoms with Gasteiger partial charge in [-0.05, 0) is 23.3 Å². The summed E-state index contributed by atoms with van der Waals surface area (Å²) in [5.41, 5.74) is 7.88. The summed E-state index contributed by atoms with van der Waals surface area (Å²) in [4.78, 5) is 0. The van der Waals surface area contributed by atoms with Gasteiger partial charge in [0.25, 0.3) is 0 Å². The molecule has 0 radical (unpaired) electrons. The summed E-state index contributed by atoms with van der Waals surface area (Å²) in [7, 11) is 0. The summed E-state index contributed by atoms with van der Waals surface area (Å²) in [5.74, 6) is 0.161. The number of hydrogen-bond donors (Lipinski definition) is 1. The van der Waals surface area contributed by atoms with Crippen LogP contribution >= 0.6 is 0 Å². The van der Waals surface area contributed by atoms with E-state index in [0.29, 0.717) is 12.1 Å². The van der Waals surface area contributed by atoms with Crippen molar-refractivity contribution in [1.29, 1.82) is 0 Å². The molecule has 2 rings (SSSR count). The lowest BCUT2D eigenvalue weighted by Crippen LogP contribution is -2.04. The first-order valence-corrected chi connectivity index (χ1v) is 5.54. The highest BCUT2D eigenvalue weighted by molar-refractivity contribution is 5.71. The molecule has 2 aromatic rings. The smallest absolute Gasteiger partial charge is 0.387 e. The van der Waals surface area contributed by atoms with E-state index in [-0.39, 0.29) is 5.75 Å². The Labute approximate surface area is 104 Å². The van der Waals surface area contributed by atoms with Crippen molar-refractivity contribution in [3.8, 4) is 16.9 Å². The first kappa shape index (κ1) is 12.5. The van der Waals surface area contributed by atoms with E-state index in [9.17, 15) is 8.78 Å². The van der Waals surface area contributed by atoms with Gasteiger partial charge in [-0.3, -0.25) is 0 Å². The van der Waals surface area contributed by atoms with E-state index in [2.05, 4.69) is 4.74 Å². The zero-order valence-electron chi connectivity index (χ0n) is 9.64. The number of rotatable bonds is 4. The second-order valence-corrected chi connectivity index (χ2v) is 3.78. The lowest BCUT2D eigenvalue weighted by Gasteiger charge is -2.12. The Bertz CT molecular complexity index is 514. The number of hydrogen-bond acceptors (Lipinski definition) is 2. The minimum Gasteiger partial charge on any atom is -0.434 e. The predicted molar refractivity (Wildman–Crippen MR) is 66.4 cm³/mol. The Morgan fingerprint density at radius 2 is 1.78 bits per heavy atom. The highest BCUT2D eigenvalue weighted by atomic mass is 19.3. The normalized spacial score (nSPS) is 10.7. The molecular weight excluding hydrogens is 236 g/mol. The third kappa shape index (κ3) is 2.84. The summed E-state index contributed by atoms with van der Waals surface area (Å²) < 4.78 is 29.2. The van der Waals surface area contributed by atoms with Crippen LogP contribution in [0, 0.1) is 0 Å². The van der Waals surface area contributed by atoms with E-state index in [1.807, 2.05) is 30.3 Å². The maximum Gasteiger partial charge on any atom is 0.387 e. The molecule has 18 heavy (non-hydrogen) atoms. The Kier molecular flexibility index (Phi) is 3.89. The molecule has 0 bridgehead atoms. The van der Waals surface area contributed by atoms with Crippen LogP contribution in [0.2, 0.25) is 0 Å². The van der Waals surface area contributed by atoms with Crippen molar-refractivity contribution in [2.24, 2.45) is 5.73 Å². The van der Waals surface area contributed by atoms with Crippen molar-refractivity contribution in [2.75, 3.05) is 0 Å². The molecule has 0 fully saturated rings. The van der Waals surface area contributed by atoms with E-state index in [4.69, 9.17) is 5.73 Å². The van der Waals surface area contributed by atoms with Gasteiger partial charge in [-0.25, -0.2) is 0 Å². The van der Waals surface area contributed by atoms with Gasteiger partial charge in [0.2, 0.25) is 0 Å². The van der Waals surface area contributed by atoms with E-state index in [1.165, 1.54) is 6.07 Å². The molecular formula is C14H13F2NO. The van der Waals surface area contributed by atoms with Gasteiger partial charge in [-0.1, -0.05) is 36.4 Å². The predicted octanol–water partition coefficient (Wildman–Crippen LogP) is 3.41. The van der Waals surface area contributed by atoms with Crippen molar-refractivity contribution in [3.05, 3.63) is 54.1 Å². The van der Waals surface area contributed by atoms with Crippen LogP contribution in [0.25, 0.3) is 11.1 Å². The monoisotopic (exact) mass is 249 g/mol. The van der Waals surface area contributed by atoms with E-state index in [0.717, 1.165) is 11.1 Å². The van der Waals surface area contributed by atoms with Crippen molar-refractivity contribution in [1.82, 2.24) is 0 Å². The fraction of sp³-hybridized carbons (Fsp3) is 0.143. The van der Waals surface area contributed by atoms with Crippen molar-refractivity contribution in [2.45, 2.75) is 13.2 Å². The van der Waals surface area contributed by atoms with E-state index >= 15 is 0 Å². The van der Waals surface area contributed by atoms with E-state index < -0.39 is 6.61 Å². The highest BCUT2D eigenvalue weighted by Crippen LogP contribution is 2.31. The topological polar surface area (TPSA) is 35.2 Å². The third-order valence-corrected chi connectivity index (χ3v) is 2.58. The van der Waals surface area contributed by atoms with Gasteiger partial charge < -0.3 is 10.5 Å². The average molecular weight is 249 g/mol. The van der Waals surface area contributed by atoms with Gasteiger partial charge in [-0.15, -0.1) is 0 Å². The fourth-order valence-corrected chi connectivity index (χ4v) is 1.75. The second-order valence-electron chi connectivity index (χ2n) is 3.78. The molecule has 0 aromatic heterocycles. The molecule has 0 aliphatic carbocycles. The van der Waals surface area contributed by atoms with Crippen LogP contribution in [-0.4, -0.2) is 6.61 Å². The summed E-state index contributed by atoms with van der Waals surface area (Å²) in [5, 5.41) is 0. The molecule has 0 aliphatic heterocycles. The van der Waals surface area contributed by atoms with Crippen molar-refractivity contribution >= 4 is 0 Å². The minimum absolute atomic E-state index is 0.161. The molecule has 0 saturated heterocycles. The van der Waals surface area contributed by atoms with Crippen LogP contribution in [0.5, 0.6) is 5.75 Å². The maximum absolute atomic E-state index is 12.4. The number of ether oxygens (including phenoxy) is 1. The molecule has 0 heterocycles. The van der Waals surface area contributed by atoms with Crippen LogP contribution in [0.1, 0.15) is 5.56 Å². The molecule has 4 heteroatoms. The van der Waals surface area contributed by atoms with Crippen LogP contribution in [0.15, 0.2) is 48.5 Å². The first-order valence-electron chi connectivity index (χ1n) is 5.54. The third-order valence-electron chi connectivity index (χ3n) is 2.58. The lowest BCUT2D eigenvalue weighted by atomic mass is 10.0. The molecule has 0 aliphatic rings.